The van der Waals surface area contributed by atoms with Gasteiger partial charge in [0.15, 0.2) is 0 Å². The summed E-state index contributed by atoms with van der Waals surface area (Å²) in [7, 11) is -2.44. The molecule has 0 spiro atoms. The van der Waals surface area contributed by atoms with Crippen LogP contribution in [-0.2, 0) is 21.2 Å². The van der Waals surface area contributed by atoms with Gasteiger partial charge in [-0.1, -0.05) is 17.7 Å². The van der Waals surface area contributed by atoms with E-state index >= 15 is 0 Å². The molecule has 0 fully saturated rings. The van der Waals surface area contributed by atoms with Gasteiger partial charge in [0.2, 0.25) is 5.91 Å². The first-order chi connectivity index (χ1) is 6.93. The molecule has 1 amide bonds. The molecule has 0 saturated carbocycles. The number of benzene rings is 1. The van der Waals surface area contributed by atoms with Gasteiger partial charge in [-0.3, -0.25) is 4.79 Å². The number of likely N-dealkylation sites (N-methyl/N-ethyl adjacent to an activating group) is 1. The first-order valence-electron chi connectivity index (χ1n) is 4.23. The van der Waals surface area contributed by atoms with Gasteiger partial charge in [-0.15, -0.1) is 0 Å². The molecule has 0 saturated heterocycles. The molecular formula is C9H8ClNO3S. The quantitative estimate of drug-likeness (QED) is 0.686. The number of hydrogen-bond acceptors (Lipinski definition) is 3. The Balaban J connectivity index is 2.73. The van der Waals surface area contributed by atoms with E-state index in [9.17, 15) is 13.2 Å². The minimum absolute atomic E-state index is 0.0994. The standard InChI is InChI=1S/C9H8ClNO3S/c1-11-9(12)4-6-2-3-7(10)5-8(6)15(11,13)14/h2-3,5H,4H2,1H3. The van der Waals surface area contributed by atoms with Crippen molar-refractivity contribution in [2.24, 2.45) is 0 Å². The number of sulfonamides is 1. The third-order valence-corrected chi connectivity index (χ3v) is 4.46. The zero-order chi connectivity index (χ0) is 11.2. The van der Waals surface area contributed by atoms with Crippen molar-refractivity contribution in [3.63, 3.8) is 0 Å². The lowest BCUT2D eigenvalue weighted by molar-refractivity contribution is -0.125. The summed E-state index contributed by atoms with van der Waals surface area (Å²) in [5.74, 6) is -0.426. The molecule has 2 rings (SSSR count). The molecule has 80 valence electrons. The molecule has 0 N–H and O–H groups in total. The van der Waals surface area contributed by atoms with Gasteiger partial charge in [0.25, 0.3) is 10.0 Å². The van der Waals surface area contributed by atoms with Crippen LogP contribution in [0.25, 0.3) is 0 Å². The van der Waals surface area contributed by atoms with Gasteiger partial charge in [-0.2, -0.15) is 0 Å². The normalized spacial score (nSPS) is 18.8. The van der Waals surface area contributed by atoms with E-state index in [1.165, 1.54) is 13.1 Å². The summed E-state index contributed by atoms with van der Waals surface area (Å²) in [4.78, 5) is 11.5. The number of rotatable bonds is 0. The average Bonchev–Trinajstić information content (AvgIpc) is 2.17. The molecular weight excluding hydrogens is 238 g/mol. The van der Waals surface area contributed by atoms with Gasteiger partial charge in [0.1, 0.15) is 0 Å². The van der Waals surface area contributed by atoms with E-state index in [1.54, 1.807) is 12.1 Å². The van der Waals surface area contributed by atoms with Crippen LogP contribution in [-0.4, -0.2) is 25.7 Å². The first-order valence-corrected chi connectivity index (χ1v) is 6.05. The SMILES string of the molecule is CN1C(=O)Cc2ccc(Cl)cc2S1(=O)=O. The molecule has 1 heterocycles. The fourth-order valence-corrected chi connectivity index (χ4v) is 3.08. The van der Waals surface area contributed by atoms with Crippen molar-refractivity contribution in [2.45, 2.75) is 11.3 Å². The Morgan fingerprint density at radius 3 is 2.73 bits per heavy atom. The summed E-state index contributed by atoms with van der Waals surface area (Å²) in [6, 6.07) is 4.52. The van der Waals surface area contributed by atoms with Gasteiger partial charge in [0, 0.05) is 12.1 Å². The van der Waals surface area contributed by atoms with Gasteiger partial charge in [-0.05, 0) is 17.7 Å². The molecule has 6 heteroatoms. The van der Waals surface area contributed by atoms with Crippen LogP contribution in [0.15, 0.2) is 23.1 Å². The summed E-state index contributed by atoms with van der Waals surface area (Å²) < 4.78 is 24.4. The van der Waals surface area contributed by atoms with Crippen LogP contribution in [0, 0.1) is 0 Å². The molecule has 1 aliphatic heterocycles. The van der Waals surface area contributed by atoms with Crippen molar-refractivity contribution in [1.82, 2.24) is 4.31 Å². The Kier molecular flexibility index (Phi) is 2.24. The molecule has 0 aliphatic carbocycles. The van der Waals surface area contributed by atoms with Gasteiger partial charge in [0.05, 0.1) is 11.3 Å². The van der Waals surface area contributed by atoms with Gasteiger partial charge in [-0.25, -0.2) is 12.7 Å². The third-order valence-electron chi connectivity index (χ3n) is 2.36. The summed E-state index contributed by atoms with van der Waals surface area (Å²) in [5.41, 5.74) is 0.502. The summed E-state index contributed by atoms with van der Waals surface area (Å²) >= 11 is 5.72. The first kappa shape index (κ1) is 10.4. The number of fused-ring (bicyclic) bond motifs is 1. The fraction of sp³-hybridized carbons (Fsp3) is 0.222. The Morgan fingerprint density at radius 2 is 2.07 bits per heavy atom. The second-order valence-corrected chi connectivity index (χ2v) is 5.67. The van der Waals surface area contributed by atoms with E-state index in [4.69, 9.17) is 11.6 Å². The van der Waals surface area contributed by atoms with Crippen molar-refractivity contribution in [3.05, 3.63) is 28.8 Å². The monoisotopic (exact) mass is 245 g/mol. The Labute approximate surface area is 92.5 Å². The maximum Gasteiger partial charge on any atom is 0.266 e. The van der Waals surface area contributed by atoms with Crippen LogP contribution >= 0.6 is 11.6 Å². The van der Waals surface area contributed by atoms with Crippen molar-refractivity contribution in [1.29, 1.82) is 0 Å². The van der Waals surface area contributed by atoms with Crippen molar-refractivity contribution in [3.8, 4) is 0 Å². The Hall–Kier alpha value is -1.07. The number of carbonyl (C=O) groups is 1. The van der Waals surface area contributed by atoms with Crippen LogP contribution in [0.3, 0.4) is 0 Å². The molecule has 0 bridgehead atoms. The lowest BCUT2D eigenvalue weighted by Gasteiger charge is -2.24. The van der Waals surface area contributed by atoms with E-state index < -0.39 is 15.9 Å². The van der Waals surface area contributed by atoms with Crippen LogP contribution in [0.5, 0.6) is 0 Å². The number of hydrogen-bond donors (Lipinski definition) is 0. The average molecular weight is 246 g/mol. The van der Waals surface area contributed by atoms with Gasteiger partial charge < -0.3 is 0 Å². The lowest BCUT2D eigenvalue weighted by atomic mass is 10.1. The highest BCUT2D eigenvalue weighted by atomic mass is 35.5. The second kappa shape index (κ2) is 3.21. The maximum absolute atomic E-state index is 11.8. The predicted octanol–water partition coefficient (Wildman–Crippen LogP) is 1.04. The van der Waals surface area contributed by atoms with E-state index in [0.717, 1.165) is 4.31 Å². The maximum atomic E-state index is 11.8. The number of halogens is 1. The van der Waals surface area contributed by atoms with Crippen molar-refractivity contribution >= 4 is 27.5 Å². The zero-order valence-electron chi connectivity index (χ0n) is 7.90. The van der Waals surface area contributed by atoms with E-state index in [2.05, 4.69) is 0 Å². The number of amides is 1. The molecule has 1 aliphatic rings. The second-order valence-electron chi connectivity index (χ2n) is 3.30. The van der Waals surface area contributed by atoms with Crippen LogP contribution < -0.4 is 0 Å². The van der Waals surface area contributed by atoms with Crippen molar-refractivity contribution in [2.75, 3.05) is 7.05 Å². The highest BCUT2D eigenvalue weighted by Crippen LogP contribution is 2.28. The zero-order valence-corrected chi connectivity index (χ0v) is 9.47. The summed E-state index contributed by atoms with van der Waals surface area (Å²) in [5, 5.41) is 0.347. The lowest BCUT2D eigenvalue weighted by Crippen LogP contribution is -2.38. The molecule has 1 aromatic rings. The number of nitrogens with zero attached hydrogens (tertiary/aromatic N) is 1. The Bertz CT molecular complexity index is 538. The smallest absolute Gasteiger partial charge is 0.266 e. The van der Waals surface area contributed by atoms with Crippen LogP contribution in [0.4, 0.5) is 0 Å². The summed E-state index contributed by atoms with van der Waals surface area (Å²) in [6.45, 7) is 0. The summed E-state index contributed by atoms with van der Waals surface area (Å²) in [6.07, 6.45) is 0.0994. The molecule has 1 aromatic carbocycles. The van der Waals surface area contributed by atoms with Crippen molar-refractivity contribution < 1.29 is 13.2 Å². The molecule has 0 radical (unpaired) electrons. The predicted molar refractivity (Wildman–Crippen MR) is 55.1 cm³/mol. The fourth-order valence-electron chi connectivity index (χ4n) is 1.47. The Morgan fingerprint density at radius 1 is 1.40 bits per heavy atom. The largest absolute Gasteiger partial charge is 0.273 e. The minimum atomic E-state index is -3.69. The third kappa shape index (κ3) is 1.52. The molecule has 0 aromatic heterocycles. The highest BCUT2D eigenvalue weighted by Gasteiger charge is 2.33. The van der Waals surface area contributed by atoms with E-state index in [-0.39, 0.29) is 11.3 Å². The molecule has 4 nitrogen and oxygen atoms in total. The molecule has 15 heavy (non-hydrogen) atoms. The van der Waals surface area contributed by atoms with E-state index in [0.29, 0.717) is 10.6 Å². The van der Waals surface area contributed by atoms with Gasteiger partial charge >= 0.3 is 0 Å². The number of carbonyl (C=O) groups excluding carboxylic acids is 1. The topological polar surface area (TPSA) is 54.5 Å². The minimum Gasteiger partial charge on any atom is -0.273 e. The molecule has 0 atom stereocenters. The van der Waals surface area contributed by atoms with E-state index in [1.807, 2.05) is 0 Å². The molecule has 0 unspecified atom stereocenters. The van der Waals surface area contributed by atoms with Crippen LogP contribution in [0.1, 0.15) is 5.56 Å². The highest BCUT2D eigenvalue weighted by molar-refractivity contribution is 7.89. The van der Waals surface area contributed by atoms with Crippen LogP contribution in [0.2, 0.25) is 5.02 Å².